The van der Waals surface area contributed by atoms with Gasteiger partial charge in [0.05, 0.1) is 0 Å². The molecule has 0 radical (unpaired) electrons. The molecule has 0 amide bonds. The van der Waals surface area contributed by atoms with Gasteiger partial charge >= 0.3 is 119 Å². The number of rotatable bonds is 5. The maximum absolute atomic E-state index is 6.19. The Morgan fingerprint density at radius 3 is 1.53 bits per heavy atom. The molecule has 0 atom stereocenters. The predicted molar refractivity (Wildman–Crippen MR) is 73.5 cm³/mol. The zero-order valence-corrected chi connectivity index (χ0v) is 13.1. The quantitative estimate of drug-likeness (QED) is 0.543. The van der Waals surface area contributed by atoms with Gasteiger partial charge in [-0.3, -0.25) is 0 Å². The molecule has 2 rings (SSSR count). The van der Waals surface area contributed by atoms with Crippen LogP contribution in [0, 0.1) is 0 Å². The van der Waals surface area contributed by atoms with Gasteiger partial charge in [-0.25, -0.2) is 0 Å². The average molecular weight is 377 g/mol. The molecule has 0 unspecified atom stereocenters. The number of halogens is 2. The van der Waals surface area contributed by atoms with E-state index in [2.05, 4.69) is 60.7 Å². The Balaban J connectivity index is 1.98. The molecule has 0 N–H and O–H groups in total. The van der Waals surface area contributed by atoms with Gasteiger partial charge < -0.3 is 0 Å². The van der Waals surface area contributed by atoms with Crippen molar-refractivity contribution in [3.8, 4) is 0 Å². The number of hydrogen-bond donors (Lipinski definition) is 0. The van der Waals surface area contributed by atoms with E-state index in [9.17, 15) is 0 Å². The molecule has 0 aromatic heterocycles. The Hall–Kier alpha value is -0.190. The molecule has 0 fully saturated rings. The molecule has 2 aromatic carbocycles. The summed E-state index contributed by atoms with van der Waals surface area (Å²) in [5.41, 5.74) is 2.82. The van der Waals surface area contributed by atoms with Crippen LogP contribution in [0.1, 0.15) is 11.1 Å². The first-order valence-electron chi connectivity index (χ1n) is 5.40. The minimum atomic E-state index is -0.210. The second kappa shape index (κ2) is 7.29. The molecule has 90 valence electrons. The molecule has 0 spiro atoms. The third-order valence-corrected chi connectivity index (χ3v) is 10.5. The van der Waals surface area contributed by atoms with Gasteiger partial charge in [0.25, 0.3) is 0 Å². The van der Waals surface area contributed by atoms with Crippen molar-refractivity contribution >= 4 is 17.0 Å². The van der Waals surface area contributed by atoms with Gasteiger partial charge in [-0.15, -0.1) is 0 Å². The van der Waals surface area contributed by atoms with E-state index in [1.54, 1.807) is 0 Å². The minimum absolute atomic E-state index is 0.210. The van der Waals surface area contributed by atoms with Crippen LogP contribution in [-0.2, 0) is 19.6 Å². The van der Waals surface area contributed by atoms with E-state index in [-0.39, 0.29) is 18.7 Å². The fourth-order valence-electron chi connectivity index (χ4n) is 1.60. The van der Waals surface area contributed by atoms with Gasteiger partial charge in [0.1, 0.15) is 0 Å². The first-order chi connectivity index (χ1) is 8.38. The second-order valence-corrected chi connectivity index (χ2v) is 12.4. The van der Waals surface area contributed by atoms with Crippen LogP contribution in [0.25, 0.3) is 0 Å². The normalized spacial score (nSPS) is 10.9. The van der Waals surface area contributed by atoms with Crippen LogP contribution < -0.4 is 18.7 Å². The van der Waals surface area contributed by atoms with Crippen LogP contribution >= 0.6 is 8.91 Å². The number of benzene rings is 2. The molecule has 0 nitrogen and oxygen atoms in total. The fraction of sp³-hybridized carbons (Fsp3) is 0.143. The van der Waals surface area contributed by atoms with E-state index in [0.29, 0.717) is 8.07 Å². The van der Waals surface area contributed by atoms with Crippen molar-refractivity contribution in [3.05, 3.63) is 71.8 Å². The summed E-state index contributed by atoms with van der Waals surface area (Å²) in [4.78, 5) is 0. The van der Waals surface area contributed by atoms with Crippen molar-refractivity contribution in [2.24, 2.45) is 0 Å². The Bertz CT molecular complexity index is 391. The predicted octanol–water partition coefficient (Wildman–Crippen LogP) is 1.16. The first-order valence-corrected chi connectivity index (χ1v) is 12.2. The van der Waals surface area contributed by atoms with Crippen molar-refractivity contribution < 1.29 is 18.7 Å². The first kappa shape index (κ1) is 13.2. The summed E-state index contributed by atoms with van der Waals surface area (Å²) in [5, 5.41) is 0. The summed E-state index contributed by atoms with van der Waals surface area (Å²) in [6, 6.07) is 21.3. The fourth-order valence-corrected chi connectivity index (χ4v) is 7.42. The van der Waals surface area contributed by atoms with Gasteiger partial charge in [-0.1, -0.05) is 0 Å². The SMILES string of the molecule is Cl[I-][S+](Cc1ccccc1)Cc1ccccc1. The zero-order valence-electron chi connectivity index (χ0n) is 9.35. The zero-order chi connectivity index (χ0) is 11.9. The Morgan fingerprint density at radius 2 is 1.18 bits per heavy atom. The molecule has 0 aliphatic carbocycles. The molecule has 0 saturated carbocycles. The third-order valence-electron chi connectivity index (χ3n) is 2.41. The number of hydrogen-bond acceptors (Lipinski definition) is 0. The van der Waals surface area contributed by atoms with Crippen LogP contribution in [0.3, 0.4) is 0 Å². The third kappa shape index (κ3) is 4.53. The molecule has 0 bridgehead atoms. The Labute approximate surface area is 118 Å². The van der Waals surface area contributed by atoms with Crippen molar-refractivity contribution in [3.63, 3.8) is 0 Å². The summed E-state index contributed by atoms with van der Waals surface area (Å²) in [6.45, 7) is 0. The molecule has 2 aromatic rings. The van der Waals surface area contributed by atoms with Crippen molar-refractivity contribution in [2.75, 3.05) is 0 Å². The van der Waals surface area contributed by atoms with E-state index in [4.69, 9.17) is 8.91 Å². The molecule has 0 heterocycles. The molecular weight excluding hydrogens is 363 g/mol. The Kier molecular flexibility index (Phi) is 5.68. The van der Waals surface area contributed by atoms with E-state index in [0.717, 1.165) is 11.5 Å². The van der Waals surface area contributed by atoms with Gasteiger partial charge in [0.2, 0.25) is 0 Å². The monoisotopic (exact) mass is 376 g/mol. The van der Waals surface area contributed by atoms with E-state index >= 15 is 0 Å². The van der Waals surface area contributed by atoms with E-state index < -0.39 is 0 Å². The summed E-state index contributed by atoms with van der Waals surface area (Å²) in [5.74, 6) is 2.26. The van der Waals surface area contributed by atoms with Crippen LogP contribution in [0.5, 0.6) is 0 Å². The van der Waals surface area contributed by atoms with Crippen LogP contribution in [0.15, 0.2) is 60.7 Å². The van der Waals surface area contributed by atoms with Gasteiger partial charge in [-0.2, -0.15) is 0 Å². The molecule has 17 heavy (non-hydrogen) atoms. The second-order valence-electron chi connectivity index (χ2n) is 3.74. The molecule has 0 aliphatic heterocycles. The van der Waals surface area contributed by atoms with Crippen LogP contribution in [0.2, 0.25) is 0 Å². The summed E-state index contributed by atoms with van der Waals surface area (Å²) >= 11 is -0.210. The summed E-state index contributed by atoms with van der Waals surface area (Å²) in [6.07, 6.45) is 0. The summed E-state index contributed by atoms with van der Waals surface area (Å²) < 4.78 is 0. The topological polar surface area (TPSA) is 0 Å². The molecular formula is C14H14ClIS. The Morgan fingerprint density at radius 1 is 0.765 bits per heavy atom. The average Bonchev–Trinajstić information content (AvgIpc) is 2.40. The maximum atomic E-state index is 6.19. The van der Waals surface area contributed by atoms with Crippen LogP contribution in [0.4, 0.5) is 0 Å². The molecule has 3 heteroatoms. The van der Waals surface area contributed by atoms with Crippen molar-refractivity contribution in [2.45, 2.75) is 11.5 Å². The summed E-state index contributed by atoms with van der Waals surface area (Å²) in [7, 11) is 6.53. The van der Waals surface area contributed by atoms with E-state index in [1.807, 2.05) is 0 Å². The molecule has 0 saturated heterocycles. The van der Waals surface area contributed by atoms with Crippen molar-refractivity contribution in [1.82, 2.24) is 0 Å². The van der Waals surface area contributed by atoms with Crippen molar-refractivity contribution in [1.29, 1.82) is 0 Å². The standard InChI is InChI=1S/C14H14ClIS/c15-16-17(11-13-7-3-1-4-8-13)12-14-9-5-2-6-10-14/h1-10H,11-12H2. The van der Waals surface area contributed by atoms with Gasteiger partial charge in [0.15, 0.2) is 0 Å². The van der Waals surface area contributed by atoms with Gasteiger partial charge in [-0.05, 0) is 0 Å². The van der Waals surface area contributed by atoms with Crippen LogP contribution in [-0.4, -0.2) is 0 Å². The van der Waals surface area contributed by atoms with Gasteiger partial charge in [0, 0.05) is 0 Å². The molecule has 0 aliphatic rings. The van der Waals surface area contributed by atoms with E-state index in [1.165, 1.54) is 11.1 Å².